The van der Waals surface area contributed by atoms with Gasteiger partial charge in [0.05, 0.1) is 41.6 Å². The Morgan fingerprint density at radius 2 is 2.08 bits per heavy atom. The molecule has 6 heteroatoms. The fraction of sp³-hybridized carbons (Fsp3) is 0.167. The largest absolute Gasteiger partial charge is 0.497 e. The average molecular weight is 320 g/mol. The van der Waals surface area contributed by atoms with Crippen LogP contribution < -0.4 is 10.4 Å². The lowest BCUT2D eigenvalue weighted by Crippen LogP contribution is -2.21. The molecule has 0 amide bonds. The summed E-state index contributed by atoms with van der Waals surface area (Å²) < 4.78 is 7.05. The fourth-order valence-corrected chi connectivity index (χ4v) is 3.04. The predicted molar refractivity (Wildman–Crippen MR) is 92.5 cm³/mol. The van der Waals surface area contributed by atoms with Gasteiger partial charge in [0, 0.05) is 11.6 Å². The van der Waals surface area contributed by atoms with E-state index in [2.05, 4.69) is 15.0 Å². The second kappa shape index (κ2) is 5.49. The van der Waals surface area contributed by atoms with Crippen molar-refractivity contribution in [2.45, 2.75) is 13.0 Å². The minimum absolute atomic E-state index is 0.180. The first-order valence-corrected chi connectivity index (χ1v) is 7.67. The zero-order valence-corrected chi connectivity index (χ0v) is 13.4. The van der Waals surface area contributed by atoms with Crippen molar-refractivity contribution in [2.24, 2.45) is 0 Å². The van der Waals surface area contributed by atoms with Gasteiger partial charge >= 0.3 is 5.69 Å². The molecule has 1 atom stereocenters. The van der Waals surface area contributed by atoms with Gasteiger partial charge in [0.1, 0.15) is 5.75 Å². The van der Waals surface area contributed by atoms with E-state index in [1.165, 1.54) is 0 Å². The van der Waals surface area contributed by atoms with Crippen molar-refractivity contribution < 1.29 is 4.74 Å². The molecule has 0 aliphatic rings. The quantitative estimate of drug-likeness (QED) is 0.630. The second-order valence-electron chi connectivity index (χ2n) is 5.63. The van der Waals surface area contributed by atoms with E-state index in [-0.39, 0.29) is 11.7 Å². The number of nitrogens with one attached hydrogen (secondary N) is 1. The number of aromatic nitrogens is 4. The van der Waals surface area contributed by atoms with E-state index < -0.39 is 0 Å². The third-order valence-corrected chi connectivity index (χ3v) is 4.25. The van der Waals surface area contributed by atoms with Crippen LogP contribution in [0.4, 0.5) is 0 Å². The number of pyridine rings is 2. The van der Waals surface area contributed by atoms with Gasteiger partial charge in [-0.25, -0.2) is 4.79 Å². The molecule has 3 heterocycles. The number of hydrogen-bond acceptors (Lipinski definition) is 4. The van der Waals surface area contributed by atoms with Crippen LogP contribution in [0.3, 0.4) is 0 Å². The molecule has 4 aromatic rings. The highest BCUT2D eigenvalue weighted by atomic mass is 16.5. The van der Waals surface area contributed by atoms with Crippen LogP contribution in [-0.4, -0.2) is 26.6 Å². The molecule has 1 N–H and O–H groups in total. The van der Waals surface area contributed by atoms with Crippen LogP contribution >= 0.6 is 0 Å². The monoisotopic (exact) mass is 320 g/mol. The highest BCUT2D eigenvalue weighted by Crippen LogP contribution is 2.28. The van der Waals surface area contributed by atoms with Gasteiger partial charge in [0.25, 0.3) is 0 Å². The standard InChI is InChI=1S/C18H16N4O2/c1-11(14-5-3-4-8-19-14)22-17-13-9-12(24-2)6-7-15(13)20-10-16(17)21-18(22)23/h3-11H,1-2H3,(H,21,23). The Morgan fingerprint density at radius 1 is 1.21 bits per heavy atom. The van der Waals surface area contributed by atoms with E-state index in [4.69, 9.17) is 4.74 Å². The number of fused-ring (bicyclic) bond motifs is 3. The summed E-state index contributed by atoms with van der Waals surface area (Å²) in [5.74, 6) is 0.725. The molecule has 120 valence electrons. The summed E-state index contributed by atoms with van der Waals surface area (Å²) in [4.78, 5) is 24.3. The molecule has 1 aromatic carbocycles. The van der Waals surface area contributed by atoms with Gasteiger partial charge in [0.2, 0.25) is 0 Å². The number of methoxy groups -OCH3 is 1. The Hall–Kier alpha value is -3.15. The van der Waals surface area contributed by atoms with Crippen molar-refractivity contribution >= 4 is 21.9 Å². The van der Waals surface area contributed by atoms with Gasteiger partial charge in [-0.15, -0.1) is 0 Å². The van der Waals surface area contributed by atoms with E-state index in [1.807, 2.05) is 43.3 Å². The number of ether oxygens (including phenoxy) is 1. The molecule has 0 bridgehead atoms. The van der Waals surface area contributed by atoms with Gasteiger partial charge in [-0.1, -0.05) is 6.07 Å². The Kier molecular flexibility index (Phi) is 3.30. The van der Waals surface area contributed by atoms with E-state index >= 15 is 0 Å². The average Bonchev–Trinajstić information content (AvgIpc) is 2.97. The minimum atomic E-state index is -0.204. The first-order chi connectivity index (χ1) is 11.7. The van der Waals surface area contributed by atoms with Gasteiger partial charge in [-0.2, -0.15) is 0 Å². The van der Waals surface area contributed by atoms with Crippen LogP contribution in [0.25, 0.3) is 21.9 Å². The summed E-state index contributed by atoms with van der Waals surface area (Å²) in [6, 6.07) is 11.1. The molecule has 0 aliphatic heterocycles. The maximum atomic E-state index is 12.6. The SMILES string of the molecule is COc1ccc2ncc3[nH]c(=O)n(C(C)c4ccccn4)c3c2c1. The summed E-state index contributed by atoms with van der Waals surface area (Å²) >= 11 is 0. The lowest BCUT2D eigenvalue weighted by Gasteiger charge is -2.14. The summed E-state index contributed by atoms with van der Waals surface area (Å²) in [7, 11) is 1.62. The lowest BCUT2D eigenvalue weighted by molar-refractivity contribution is 0.415. The van der Waals surface area contributed by atoms with Crippen molar-refractivity contribution in [3.05, 3.63) is 65.0 Å². The third kappa shape index (κ3) is 2.15. The van der Waals surface area contributed by atoms with Gasteiger partial charge in [-0.05, 0) is 37.3 Å². The Labute approximate surface area is 137 Å². The number of H-pyrrole nitrogens is 1. The molecule has 0 aliphatic carbocycles. The van der Waals surface area contributed by atoms with Crippen LogP contribution in [0.1, 0.15) is 18.7 Å². The maximum absolute atomic E-state index is 12.6. The Bertz CT molecular complexity index is 1080. The van der Waals surface area contributed by atoms with E-state index in [0.29, 0.717) is 5.52 Å². The number of rotatable bonds is 3. The summed E-state index contributed by atoms with van der Waals surface area (Å²) in [6.07, 6.45) is 3.42. The summed E-state index contributed by atoms with van der Waals surface area (Å²) in [5.41, 5.74) is 2.96. The molecule has 0 saturated carbocycles. The number of nitrogens with zero attached hydrogens (tertiary/aromatic N) is 3. The number of aromatic amines is 1. The predicted octanol–water partition coefficient (Wildman–Crippen LogP) is 2.89. The molecule has 0 saturated heterocycles. The second-order valence-corrected chi connectivity index (χ2v) is 5.63. The molecule has 4 rings (SSSR count). The van der Waals surface area contributed by atoms with E-state index in [9.17, 15) is 4.79 Å². The Morgan fingerprint density at radius 3 is 2.83 bits per heavy atom. The van der Waals surface area contributed by atoms with Crippen molar-refractivity contribution in [3.63, 3.8) is 0 Å². The highest BCUT2D eigenvalue weighted by molar-refractivity contribution is 6.02. The molecular weight excluding hydrogens is 304 g/mol. The van der Waals surface area contributed by atoms with Crippen LogP contribution in [0.2, 0.25) is 0 Å². The van der Waals surface area contributed by atoms with Crippen molar-refractivity contribution in [1.29, 1.82) is 0 Å². The number of imidazole rings is 1. The molecule has 3 aromatic heterocycles. The zero-order chi connectivity index (χ0) is 16.7. The molecule has 24 heavy (non-hydrogen) atoms. The summed E-state index contributed by atoms with van der Waals surface area (Å²) in [5, 5.41) is 0.869. The van der Waals surface area contributed by atoms with Crippen molar-refractivity contribution in [3.8, 4) is 5.75 Å². The zero-order valence-electron chi connectivity index (χ0n) is 13.4. The minimum Gasteiger partial charge on any atom is -0.497 e. The number of benzene rings is 1. The highest BCUT2D eigenvalue weighted by Gasteiger charge is 2.18. The van der Waals surface area contributed by atoms with Crippen LogP contribution in [0.5, 0.6) is 5.75 Å². The third-order valence-electron chi connectivity index (χ3n) is 4.25. The normalized spacial score (nSPS) is 12.6. The first-order valence-electron chi connectivity index (χ1n) is 7.67. The smallest absolute Gasteiger partial charge is 0.327 e. The van der Waals surface area contributed by atoms with E-state index in [1.54, 1.807) is 24.1 Å². The maximum Gasteiger partial charge on any atom is 0.327 e. The molecule has 6 nitrogen and oxygen atoms in total. The van der Waals surface area contributed by atoms with Crippen LogP contribution in [0.15, 0.2) is 53.6 Å². The van der Waals surface area contributed by atoms with Crippen molar-refractivity contribution in [2.75, 3.05) is 7.11 Å². The molecular formula is C18H16N4O2. The number of hydrogen-bond donors (Lipinski definition) is 1. The molecule has 0 fully saturated rings. The van der Waals surface area contributed by atoms with Crippen LogP contribution in [0, 0.1) is 0 Å². The van der Waals surface area contributed by atoms with E-state index in [0.717, 1.165) is 27.9 Å². The van der Waals surface area contributed by atoms with Gasteiger partial charge < -0.3 is 9.72 Å². The van der Waals surface area contributed by atoms with Crippen LogP contribution in [-0.2, 0) is 0 Å². The van der Waals surface area contributed by atoms with Crippen molar-refractivity contribution in [1.82, 2.24) is 19.5 Å². The topological polar surface area (TPSA) is 72.8 Å². The molecule has 0 radical (unpaired) electrons. The first kappa shape index (κ1) is 14.4. The van der Waals surface area contributed by atoms with Gasteiger partial charge in [-0.3, -0.25) is 14.5 Å². The van der Waals surface area contributed by atoms with Gasteiger partial charge in [0.15, 0.2) is 0 Å². The Balaban J connectivity index is 2.06. The fourth-order valence-electron chi connectivity index (χ4n) is 3.04. The lowest BCUT2D eigenvalue weighted by atomic mass is 10.1. The molecule has 1 unspecified atom stereocenters. The molecule has 0 spiro atoms. The summed E-state index contributed by atoms with van der Waals surface area (Å²) in [6.45, 7) is 1.96.